The molecule has 0 heterocycles. The van der Waals surface area contributed by atoms with Crippen molar-refractivity contribution in [1.82, 2.24) is 0 Å². The number of alkyl halides is 3. The second kappa shape index (κ2) is 4.69. The highest BCUT2D eigenvalue weighted by Crippen LogP contribution is 2.26. The van der Waals surface area contributed by atoms with Crippen LogP contribution in [0.2, 0.25) is 13.1 Å². The monoisotopic (exact) mass is 283 g/mol. The molecule has 3 nitrogen and oxygen atoms in total. The van der Waals surface area contributed by atoms with Crippen molar-refractivity contribution in [3.8, 4) is 5.75 Å². The minimum absolute atomic E-state index is 0.247. The van der Waals surface area contributed by atoms with Crippen molar-refractivity contribution in [1.29, 1.82) is 0 Å². The smallest absolute Gasteiger partial charge is 0.376 e. The van der Waals surface area contributed by atoms with E-state index >= 15 is 0 Å². The average Bonchev–Trinajstić information content (AvgIpc) is 2.15. The van der Waals surface area contributed by atoms with Gasteiger partial charge in [0.2, 0.25) is 0 Å². The molecule has 1 rings (SSSR count). The van der Waals surface area contributed by atoms with Crippen molar-refractivity contribution in [2.75, 3.05) is 0 Å². The summed E-state index contributed by atoms with van der Waals surface area (Å²) in [4.78, 5) is 0. The van der Waals surface area contributed by atoms with Gasteiger partial charge in [-0.2, -0.15) is 21.6 Å². The van der Waals surface area contributed by atoms with Crippen LogP contribution in [-0.4, -0.2) is 22.7 Å². The largest absolute Gasteiger partial charge is 0.534 e. The summed E-state index contributed by atoms with van der Waals surface area (Å²) in [6.45, 7) is 3.65. The maximum absolute atomic E-state index is 12.1. The van der Waals surface area contributed by atoms with Gasteiger partial charge in [0, 0.05) is 0 Å². The van der Waals surface area contributed by atoms with Gasteiger partial charge in [-0.1, -0.05) is 31.3 Å². The molecule has 1 aromatic carbocycles. The Morgan fingerprint density at radius 2 is 1.71 bits per heavy atom. The number of hydrogen-bond donors (Lipinski definition) is 0. The van der Waals surface area contributed by atoms with E-state index in [0.717, 1.165) is 0 Å². The lowest BCUT2D eigenvalue weighted by molar-refractivity contribution is -0.0499. The van der Waals surface area contributed by atoms with Crippen LogP contribution in [0.1, 0.15) is 0 Å². The fourth-order valence-electron chi connectivity index (χ4n) is 1.12. The molecule has 0 unspecified atom stereocenters. The summed E-state index contributed by atoms with van der Waals surface area (Å²) < 4.78 is 62.3. The van der Waals surface area contributed by atoms with Crippen LogP contribution in [-0.2, 0) is 10.1 Å². The molecule has 0 aliphatic heterocycles. The summed E-state index contributed by atoms with van der Waals surface area (Å²) in [7, 11) is -6.71. The Balaban J connectivity index is 3.13. The van der Waals surface area contributed by atoms with E-state index in [9.17, 15) is 21.6 Å². The normalized spacial score (nSPS) is 12.8. The van der Waals surface area contributed by atoms with Gasteiger partial charge in [-0.3, -0.25) is 0 Å². The Bertz CT molecular complexity index is 496. The molecular formula is C9H10F3O3SSi. The third-order valence-corrected chi connectivity index (χ3v) is 4.37. The lowest BCUT2D eigenvalue weighted by Gasteiger charge is -2.13. The van der Waals surface area contributed by atoms with Crippen LogP contribution in [0.4, 0.5) is 13.2 Å². The summed E-state index contributed by atoms with van der Waals surface area (Å²) in [5.74, 6) is -0.247. The van der Waals surface area contributed by atoms with Gasteiger partial charge in [-0.25, -0.2) is 0 Å². The van der Waals surface area contributed by atoms with Gasteiger partial charge < -0.3 is 4.18 Å². The Morgan fingerprint density at radius 1 is 1.18 bits per heavy atom. The molecule has 0 fully saturated rings. The molecule has 0 aliphatic rings. The van der Waals surface area contributed by atoms with Gasteiger partial charge in [-0.05, 0) is 11.3 Å². The highest BCUT2D eigenvalue weighted by molar-refractivity contribution is 7.88. The lowest BCUT2D eigenvalue weighted by Crippen LogP contribution is -2.32. The summed E-state index contributed by atoms with van der Waals surface area (Å²) in [5.41, 5.74) is -5.41. The molecule has 0 atom stereocenters. The first-order valence-corrected chi connectivity index (χ1v) is 8.46. The Hall–Kier alpha value is -1.02. The molecular weight excluding hydrogens is 273 g/mol. The SMILES string of the molecule is C[Si](C)c1ccccc1OS(=O)(=O)C(F)(F)F. The zero-order chi connectivity index (χ0) is 13.3. The molecule has 0 saturated carbocycles. The van der Waals surface area contributed by atoms with E-state index in [0.29, 0.717) is 5.19 Å². The molecule has 8 heteroatoms. The second-order valence-electron chi connectivity index (χ2n) is 3.48. The van der Waals surface area contributed by atoms with Gasteiger partial charge in [0.25, 0.3) is 0 Å². The van der Waals surface area contributed by atoms with E-state index in [4.69, 9.17) is 0 Å². The minimum Gasteiger partial charge on any atom is -0.376 e. The second-order valence-corrected chi connectivity index (χ2v) is 7.56. The minimum atomic E-state index is -5.59. The molecule has 0 saturated heterocycles. The molecule has 0 spiro atoms. The summed E-state index contributed by atoms with van der Waals surface area (Å²) >= 11 is 0. The highest BCUT2D eigenvalue weighted by atomic mass is 32.2. The Labute approximate surface area is 98.9 Å². The third kappa shape index (κ3) is 3.22. The maximum Gasteiger partial charge on any atom is 0.534 e. The van der Waals surface area contributed by atoms with Crippen LogP contribution in [0, 0.1) is 0 Å². The number of benzene rings is 1. The van der Waals surface area contributed by atoms with Crippen molar-refractivity contribution in [2.24, 2.45) is 0 Å². The standard InChI is InChI=1S/C9H10F3O3SSi/c1-17(2)8-6-4-3-5-7(8)15-16(13,14)9(10,11)12/h3-6H,1-2H3. The molecule has 1 radical (unpaired) electrons. The Kier molecular flexibility index (Phi) is 3.87. The Morgan fingerprint density at radius 3 is 2.18 bits per heavy atom. The first-order chi connectivity index (χ1) is 7.65. The molecule has 0 aliphatic carbocycles. The zero-order valence-corrected chi connectivity index (χ0v) is 10.9. The highest BCUT2D eigenvalue weighted by Gasteiger charge is 2.48. The summed E-state index contributed by atoms with van der Waals surface area (Å²) in [6.07, 6.45) is 0. The fourth-order valence-corrected chi connectivity index (χ4v) is 2.72. The van der Waals surface area contributed by atoms with E-state index in [-0.39, 0.29) is 5.75 Å². The van der Waals surface area contributed by atoms with Crippen molar-refractivity contribution in [3.63, 3.8) is 0 Å². The maximum atomic E-state index is 12.1. The topological polar surface area (TPSA) is 43.4 Å². The molecule has 95 valence electrons. The number of hydrogen-bond acceptors (Lipinski definition) is 3. The molecule has 1 aromatic rings. The first-order valence-electron chi connectivity index (χ1n) is 4.55. The van der Waals surface area contributed by atoms with Crippen LogP contribution in [0.25, 0.3) is 0 Å². The average molecular weight is 283 g/mol. The molecule has 0 bridgehead atoms. The molecule has 0 N–H and O–H groups in total. The molecule has 0 amide bonds. The van der Waals surface area contributed by atoms with Crippen molar-refractivity contribution in [3.05, 3.63) is 24.3 Å². The van der Waals surface area contributed by atoms with Gasteiger partial charge in [0.1, 0.15) is 5.75 Å². The summed E-state index contributed by atoms with van der Waals surface area (Å²) in [6, 6.07) is 5.83. The predicted molar refractivity (Wildman–Crippen MR) is 59.2 cm³/mol. The first kappa shape index (κ1) is 14.0. The van der Waals surface area contributed by atoms with Crippen molar-refractivity contribution in [2.45, 2.75) is 18.6 Å². The summed E-state index contributed by atoms with van der Waals surface area (Å²) in [5, 5.41) is 0.505. The van der Waals surface area contributed by atoms with Gasteiger partial charge in [0.05, 0.1) is 8.80 Å². The van der Waals surface area contributed by atoms with E-state index in [1.807, 2.05) is 13.1 Å². The van der Waals surface area contributed by atoms with Crippen molar-refractivity contribution < 1.29 is 25.8 Å². The number of rotatable bonds is 3. The van der Waals surface area contributed by atoms with Crippen LogP contribution < -0.4 is 9.37 Å². The number of halogens is 3. The van der Waals surface area contributed by atoms with E-state index in [1.165, 1.54) is 12.1 Å². The lowest BCUT2D eigenvalue weighted by atomic mass is 10.3. The van der Waals surface area contributed by atoms with Crippen LogP contribution in [0.15, 0.2) is 24.3 Å². The van der Waals surface area contributed by atoms with Crippen LogP contribution >= 0.6 is 0 Å². The van der Waals surface area contributed by atoms with E-state index in [1.54, 1.807) is 12.1 Å². The van der Waals surface area contributed by atoms with E-state index in [2.05, 4.69) is 4.18 Å². The third-order valence-electron chi connectivity index (χ3n) is 1.91. The molecule has 17 heavy (non-hydrogen) atoms. The predicted octanol–water partition coefficient (Wildman–Crippen LogP) is 1.88. The fraction of sp³-hybridized carbons (Fsp3) is 0.333. The van der Waals surface area contributed by atoms with Gasteiger partial charge >= 0.3 is 15.6 Å². The van der Waals surface area contributed by atoms with E-state index < -0.39 is 24.4 Å². The zero-order valence-electron chi connectivity index (χ0n) is 9.08. The van der Waals surface area contributed by atoms with Crippen LogP contribution in [0.3, 0.4) is 0 Å². The number of para-hydroxylation sites is 1. The van der Waals surface area contributed by atoms with Crippen molar-refractivity contribution >= 4 is 24.1 Å². The van der Waals surface area contributed by atoms with Gasteiger partial charge in [-0.15, -0.1) is 0 Å². The quantitative estimate of drug-likeness (QED) is 0.483. The molecule has 0 aromatic heterocycles. The van der Waals surface area contributed by atoms with Crippen LogP contribution in [0.5, 0.6) is 5.75 Å². The van der Waals surface area contributed by atoms with Gasteiger partial charge in [0.15, 0.2) is 0 Å².